The molecule has 2 saturated heterocycles. The first-order valence-electron chi connectivity index (χ1n) is 16.7. The Bertz CT molecular complexity index is 1850. The summed E-state index contributed by atoms with van der Waals surface area (Å²) < 4.78 is 40.4. The van der Waals surface area contributed by atoms with Crippen molar-refractivity contribution in [3.63, 3.8) is 0 Å². The van der Waals surface area contributed by atoms with Crippen molar-refractivity contribution < 1.29 is 23.0 Å². The predicted molar refractivity (Wildman–Crippen MR) is 179 cm³/mol. The van der Waals surface area contributed by atoms with Crippen molar-refractivity contribution in [3.05, 3.63) is 44.8 Å². The number of anilines is 2. The van der Waals surface area contributed by atoms with Crippen molar-refractivity contribution in [1.82, 2.24) is 40.0 Å². The lowest BCUT2D eigenvalue weighted by molar-refractivity contribution is 0.0920. The summed E-state index contributed by atoms with van der Waals surface area (Å²) in [6, 6.07) is 5.18. The van der Waals surface area contributed by atoms with Crippen LogP contribution in [-0.2, 0) is 11.3 Å². The molecule has 0 spiro atoms. The van der Waals surface area contributed by atoms with E-state index in [0.717, 1.165) is 67.8 Å². The van der Waals surface area contributed by atoms with Gasteiger partial charge in [0.2, 0.25) is 5.88 Å². The molecule has 4 aromatic heterocycles. The standard InChI is InChI=1S/C32H40F2N10O4S/c1-18-38-32(48-22-6-4-19(5-7-22)39-21-10-12-47-16-21)29(49-18)31(46)40-20-3-2-11-42(14-20)25-13-24(44-28(25)30(35)36-17-37-44)23-8-9-27(45)43(41-23)15-26(33)34/h8-9,13,17,19-22,26,39H,2-7,10-12,14-16H2,1H3,(H,40,46)(H2,35,36,37). The van der Waals surface area contributed by atoms with Gasteiger partial charge < -0.3 is 30.7 Å². The number of alkyl halides is 2. The zero-order valence-electron chi connectivity index (χ0n) is 27.2. The van der Waals surface area contributed by atoms with E-state index in [1.807, 2.05) is 13.0 Å². The molecule has 4 aromatic rings. The smallest absolute Gasteiger partial charge is 0.267 e. The third-order valence-electron chi connectivity index (χ3n) is 9.36. The number of nitrogen functional groups attached to an aromatic ring is 1. The van der Waals surface area contributed by atoms with E-state index in [4.69, 9.17) is 15.2 Å². The van der Waals surface area contributed by atoms with Crippen molar-refractivity contribution in [2.45, 2.75) is 89.1 Å². The minimum Gasteiger partial charge on any atom is -0.473 e. The number of hydrogen-bond donors (Lipinski definition) is 3. The van der Waals surface area contributed by atoms with Crippen LogP contribution in [0.5, 0.6) is 5.88 Å². The lowest BCUT2D eigenvalue weighted by Crippen LogP contribution is -2.47. The number of nitrogens with zero attached hydrogens (tertiary/aromatic N) is 7. The molecule has 17 heteroatoms. The summed E-state index contributed by atoms with van der Waals surface area (Å²) in [4.78, 5) is 37.2. The largest absolute Gasteiger partial charge is 0.473 e. The molecule has 0 aromatic carbocycles. The molecule has 2 atom stereocenters. The molecule has 14 nitrogen and oxygen atoms in total. The molecule has 1 saturated carbocycles. The van der Waals surface area contributed by atoms with Crippen LogP contribution in [0.4, 0.5) is 20.3 Å². The van der Waals surface area contributed by atoms with Gasteiger partial charge in [-0.05, 0) is 64.0 Å². The quantitative estimate of drug-likeness (QED) is 0.223. The number of carbonyl (C=O) groups is 1. The number of ether oxygens (including phenoxy) is 2. The van der Waals surface area contributed by atoms with E-state index in [9.17, 15) is 18.4 Å². The average molecular weight is 699 g/mol. The van der Waals surface area contributed by atoms with E-state index in [1.165, 1.54) is 29.8 Å². The number of aromatic nitrogens is 6. The van der Waals surface area contributed by atoms with Crippen molar-refractivity contribution in [3.8, 4) is 17.3 Å². The molecule has 7 rings (SSSR count). The molecule has 3 aliphatic rings. The Morgan fingerprint density at radius 2 is 2.00 bits per heavy atom. The number of aryl methyl sites for hydroxylation is 1. The number of nitrogens with one attached hydrogen (secondary N) is 2. The minimum absolute atomic E-state index is 0.00489. The second-order valence-electron chi connectivity index (χ2n) is 12.9. The van der Waals surface area contributed by atoms with Crippen LogP contribution in [0.25, 0.3) is 16.9 Å². The Labute approximate surface area is 285 Å². The van der Waals surface area contributed by atoms with Crippen molar-refractivity contribution in [2.24, 2.45) is 0 Å². The maximum atomic E-state index is 13.7. The van der Waals surface area contributed by atoms with Gasteiger partial charge in [0, 0.05) is 43.9 Å². The van der Waals surface area contributed by atoms with Crippen LogP contribution in [0.1, 0.15) is 59.6 Å². The number of nitrogens with two attached hydrogens (primary N) is 1. The van der Waals surface area contributed by atoms with Crippen molar-refractivity contribution >= 4 is 34.3 Å². The Morgan fingerprint density at radius 1 is 1.16 bits per heavy atom. The van der Waals surface area contributed by atoms with Crippen LogP contribution < -0.4 is 31.6 Å². The normalized spacial score (nSPS) is 23.0. The zero-order chi connectivity index (χ0) is 34.1. The van der Waals surface area contributed by atoms with Gasteiger partial charge in [-0.1, -0.05) is 0 Å². The van der Waals surface area contributed by atoms with Crippen molar-refractivity contribution in [2.75, 3.05) is 36.9 Å². The molecule has 1 aliphatic carbocycles. The number of carbonyl (C=O) groups excluding carboxylic acids is 1. The fourth-order valence-electron chi connectivity index (χ4n) is 7.02. The summed E-state index contributed by atoms with van der Waals surface area (Å²) in [6.45, 7) is 3.80. The molecule has 4 N–H and O–H groups in total. The number of halogens is 2. The Morgan fingerprint density at radius 3 is 2.78 bits per heavy atom. The minimum atomic E-state index is -2.74. The van der Waals surface area contributed by atoms with Gasteiger partial charge in [-0.2, -0.15) is 10.2 Å². The second-order valence-corrected chi connectivity index (χ2v) is 14.1. The number of amides is 1. The molecule has 0 radical (unpaired) electrons. The van der Waals surface area contributed by atoms with Gasteiger partial charge in [0.25, 0.3) is 17.9 Å². The third kappa shape index (κ3) is 7.38. The van der Waals surface area contributed by atoms with Crippen LogP contribution in [0.3, 0.4) is 0 Å². The summed E-state index contributed by atoms with van der Waals surface area (Å²) >= 11 is 1.33. The summed E-state index contributed by atoms with van der Waals surface area (Å²) in [5.74, 6) is 0.393. The van der Waals surface area contributed by atoms with Crippen molar-refractivity contribution in [1.29, 1.82) is 0 Å². The van der Waals surface area contributed by atoms with E-state index in [1.54, 1.807) is 4.52 Å². The maximum Gasteiger partial charge on any atom is 0.267 e. The number of thiazole rings is 1. The maximum absolute atomic E-state index is 13.7. The Balaban J connectivity index is 1.04. The number of hydrogen-bond acceptors (Lipinski definition) is 12. The van der Waals surface area contributed by atoms with Crippen LogP contribution in [0.15, 0.2) is 29.3 Å². The van der Waals surface area contributed by atoms with Gasteiger partial charge in [0.05, 0.1) is 23.0 Å². The SMILES string of the molecule is Cc1nc(OC2CCC(NC3CCOC3)CC2)c(C(=O)NC2CCCN(c3cc(-c4ccc(=O)n(CC(F)F)n4)n4ncnc(N)c34)C2)s1. The summed E-state index contributed by atoms with van der Waals surface area (Å²) in [6.07, 6.45) is 4.97. The van der Waals surface area contributed by atoms with Gasteiger partial charge in [0.1, 0.15) is 30.2 Å². The number of fused-ring (bicyclic) bond motifs is 1. The molecule has 0 bridgehead atoms. The first-order chi connectivity index (χ1) is 23.7. The zero-order valence-corrected chi connectivity index (χ0v) is 28.0. The number of rotatable bonds is 10. The van der Waals surface area contributed by atoms with Crippen LogP contribution in [-0.4, -0.2) is 92.2 Å². The van der Waals surface area contributed by atoms with Gasteiger partial charge in [0.15, 0.2) is 10.7 Å². The molecule has 6 heterocycles. The van der Waals surface area contributed by atoms with Crippen LogP contribution in [0.2, 0.25) is 0 Å². The first-order valence-corrected chi connectivity index (χ1v) is 17.6. The van der Waals surface area contributed by atoms with Gasteiger partial charge in [-0.25, -0.2) is 27.9 Å². The summed E-state index contributed by atoms with van der Waals surface area (Å²) in [5.41, 5.74) is 7.68. The lowest BCUT2D eigenvalue weighted by Gasteiger charge is -2.34. The van der Waals surface area contributed by atoms with E-state index in [-0.39, 0.29) is 29.6 Å². The molecule has 2 aliphatic heterocycles. The molecule has 49 heavy (non-hydrogen) atoms. The summed E-state index contributed by atoms with van der Waals surface area (Å²) in [5, 5.41) is 16.2. The predicted octanol–water partition coefficient (Wildman–Crippen LogP) is 3.03. The Kier molecular flexibility index (Phi) is 9.73. The van der Waals surface area contributed by atoms with Crippen LogP contribution in [0, 0.1) is 6.92 Å². The van der Waals surface area contributed by atoms with E-state index < -0.39 is 18.5 Å². The topological polar surface area (TPSA) is 167 Å². The average Bonchev–Trinajstić information content (AvgIpc) is 3.83. The molecular formula is C32H40F2N10O4S. The van der Waals surface area contributed by atoms with Crippen LogP contribution >= 0.6 is 11.3 Å². The fourth-order valence-corrected chi connectivity index (χ4v) is 7.78. The highest BCUT2D eigenvalue weighted by Crippen LogP contribution is 2.35. The molecule has 262 valence electrons. The molecule has 2 unspecified atom stereocenters. The second kappa shape index (κ2) is 14.3. The van der Waals surface area contributed by atoms with E-state index in [0.29, 0.717) is 52.8 Å². The molecule has 1 amide bonds. The Hall–Kier alpha value is -4.22. The third-order valence-corrected chi connectivity index (χ3v) is 10.3. The fraction of sp³-hybridized carbons (Fsp3) is 0.562. The summed E-state index contributed by atoms with van der Waals surface area (Å²) in [7, 11) is 0. The highest BCUT2D eigenvalue weighted by molar-refractivity contribution is 7.13. The van der Waals surface area contributed by atoms with Gasteiger partial charge >= 0.3 is 0 Å². The van der Waals surface area contributed by atoms with E-state index >= 15 is 0 Å². The highest BCUT2D eigenvalue weighted by Gasteiger charge is 2.31. The lowest BCUT2D eigenvalue weighted by atomic mass is 9.92. The van der Waals surface area contributed by atoms with E-state index in [2.05, 4.69) is 35.7 Å². The number of piperidine rings is 1. The van der Waals surface area contributed by atoms with Gasteiger partial charge in [-0.3, -0.25) is 9.59 Å². The van der Waals surface area contributed by atoms with Gasteiger partial charge in [-0.15, -0.1) is 11.3 Å². The molecule has 3 fully saturated rings. The first kappa shape index (κ1) is 33.3. The highest BCUT2D eigenvalue weighted by atomic mass is 32.1. The monoisotopic (exact) mass is 698 g/mol. The molecular weight excluding hydrogens is 658 g/mol.